The summed E-state index contributed by atoms with van der Waals surface area (Å²) in [7, 11) is 0. The van der Waals surface area contributed by atoms with E-state index in [2.05, 4.69) is 5.32 Å². The Morgan fingerprint density at radius 3 is 3.06 bits per heavy atom. The number of benzene rings is 1. The molecule has 18 heavy (non-hydrogen) atoms. The third kappa shape index (κ3) is 3.20. The van der Waals surface area contributed by atoms with Gasteiger partial charge < -0.3 is 15.8 Å². The Kier molecular flexibility index (Phi) is 4.15. The molecule has 1 heterocycles. The maximum absolute atomic E-state index is 13.5. The fourth-order valence-corrected chi connectivity index (χ4v) is 2.02. The highest BCUT2D eigenvalue weighted by Crippen LogP contribution is 2.14. The number of nitrogens with two attached hydrogens (primary N) is 1. The van der Waals surface area contributed by atoms with Crippen molar-refractivity contribution < 1.29 is 13.9 Å². The van der Waals surface area contributed by atoms with E-state index in [0.717, 1.165) is 25.5 Å². The Balaban J connectivity index is 1.90. The highest BCUT2D eigenvalue weighted by Gasteiger charge is 2.16. The average Bonchev–Trinajstić information content (AvgIpc) is 2.37. The molecule has 1 aromatic carbocycles. The average molecular weight is 252 g/mol. The zero-order valence-corrected chi connectivity index (χ0v) is 10.1. The summed E-state index contributed by atoms with van der Waals surface area (Å²) in [6.07, 6.45) is 2.04. The summed E-state index contributed by atoms with van der Waals surface area (Å²) in [5.74, 6) is -0.676. The van der Waals surface area contributed by atoms with E-state index in [4.69, 9.17) is 10.5 Å². The number of carbonyl (C=O) groups excluding carboxylic acids is 1. The Hall–Kier alpha value is -1.62. The number of hydrogen-bond donors (Lipinski definition) is 2. The number of anilines is 1. The third-order valence-corrected chi connectivity index (χ3v) is 3.04. The smallest absolute Gasteiger partial charge is 0.254 e. The highest BCUT2D eigenvalue weighted by molar-refractivity contribution is 5.94. The summed E-state index contributed by atoms with van der Waals surface area (Å²) in [6.45, 7) is 1.96. The van der Waals surface area contributed by atoms with E-state index >= 15 is 0 Å². The predicted octanol–water partition coefficient (Wildman–Crippen LogP) is 1.56. The second kappa shape index (κ2) is 5.82. The molecule has 1 amide bonds. The Bertz CT molecular complexity index is 431. The molecule has 0 bridgehead atoms. The summed E-state index contributed by atoms with van der Waals surface area (Å²) in [5, 5.41) is 2.73. The van der Waals surface area contributed by atoms with E-state index in [0.29, 0.717) is 24.8 Å². The number of carbonyl (C=O) groups is 1. The molecule has 1 unspecified atom stereocenters. The van der Waals surface area contributed by atoms with Crippen LogP contribution in [0.25, 0.3) is 0 Å². The van der Waals surface area contributed by atoms with Crippen LogP contribution in [0, 0.1) is 11.7 Å². The van der Waals surface area contributed by atoms with Gasteiger partial charge in [0, 0.05) is 18.8 Å². The lowest BCUT2D eigenvalue weighted by atomic mass is 10.0. The second-order valence-corrected chi connectivity index (χ2v) is 4.53. The van der Waals surface area contributed by atoms with Crippen molar-refractivity contribution in [2.24, 2.45) is 5.92 Å². The van der Waals surface area contributed by atoms with Crippen LogP contribution in [0.2, 0.25) is 0 Å². The van der Waals surface area contributed by atoms with E-state index in [9.17, 15) is 9.18 Å². The van der Waals surface area contributed by atoms with Gasteiger partial charge >= 0.3 is 0 Å². The molecule has 98 valence electrons. The summed E-state index contributed by atoms with van der Waals surface area (Å²) in [4.78, 5) is 11.8. The van der Waals surface area contributed by atoms with Gasteiger partial charge in [-0.3, -0.25) is 4.79 Å². The predicted molar refractivity (Wildman–Crippen MR) is 66.7 cm³/mol. The lowest BCUT2D eigenvalue weighted by molar-refractivity contribution is 0.0536. The Labute approximate surface area is 105 Å². The van der Waals surface area contributed by atoms with Crippen LogP contribution in [0.15, 0.2) is 18.2 Å². The summed E-state index contributed by atoms with van der Waals surface area (Å²) in [5.41, 5.74) is 5.77. The number of nitrogen functional groups attached to an aromatic ring is 1. The maximum atomic E-state index is 13.5. The largest absolute Gasteiger partial charge is 0.399 e. The van der Waals surface area contributed by atoms with E-state index in [1.54, 1.807) is 0 Å². The number of rotatable bonds is 3. The van der Waals surface area contributed by atoms with E-state index in [-0.39, 0.29) is 5.56 Å². The SMILES string of the molecule is Nc1ccc(C(=O)NCC2CCCOC2)c(F)c1. The second-order valence-electron chi connectivity index (χ2n) is 4.53. The third-order valence-electron chi connectivity index (χ3n) is 3.04. The molecule has 1 aromatic rings. The van der Waals surface area contributed by atoms with E-state index in [1.807, 2.05) is 0 Å². The molecule has 4 nitrogen and oxygen atoms in total. The minimum absolute atomic E-state index is 0.0286. The molecule has 1 atom stereocenters. The first kappa shape index (κ1) is 12.8. The molecule has 0 spiro atoms. The molecule has 0 saturated carbocycles. The fraction of sp³-hybridized carbons (Fsp3) is 0.462. The summed E-state index contributed by atoms with van der Waals surface area (Å²) >= 11 is 0. The molecule has 3 N–H and O–H groups in total. The van der Waals surface area contributed by atoms with Crippen LogP contribution in [0.5, 0.6) is 0 Å². The van der Waals surface area contributed by atoms with Crippen LogP contribution in [-0.4, -0.2) is 25.7 Å². The van der Waals surface area contributed by atoms with Gasteiger partial charge in [-0.25, -0.2) is 4.39 Å². The number of amides is 1. The molecule has 0 radical (unpaired) electrons. The normalized spacial score (nSPS) is 19.5. The zero-order valence-electron chi connectivity index (χ0n) is 10.1. The van der Waals surface area contributed by atoms with Crippen LogP contribution >= 0.6 is 0 Å². The van der Waals surface area contributed by atoms with Crippen molar-refractivity contribution in [2.75, 3.05) is 25.5 Å². The molecule has 1 saturated heterocycles. The summed E-state index contributed by atoms with van der Waals surface area (Å²) < 4.78 is 18.8. The Morgan fingerprint density at radius 1 is 1.56 bits per heavy atom. The van der Waals surface area contributed by atoms with Crippen LogP contribution in [0.3, 0.4) is 0 Å². The van der Waals surface area contributed by atoms with Gasteiger partial charge in [0.05, 0.1) is 12.2 Å². The fourth-order valence-electron chi connectivity index (χ4n) is 2.02. The minimum atomic E-state index is -0.590. The lowest BCUT2D eigenvalue weighted by Crippen LogP contribution is -2.33. The van der Waals surface area contributed by atoms with Crippen molar-refractivity contribution in [3.63, 3.8) is 0 Å². The van der Waals surface area contributed by atoms with Crippen molar-refractivity contribution in [1.82, 2.24) is 5.32 Å². The quantitative estimate of drug-likeness (QED) is 0.802. The molecular weight excluding hydrogens is 235 g/mol. The number of nitrogens with one attached hydrogen (secondary N) is 1. The van der Waals surface area contributed by atoms with Crippen molar-refractivity contribution in [1.29, 1.82) is 0 Å². The van der Waals surface area contributed by atoms with Crippen molar-refractivity contribution in [3.8, 4) is 0 Å². The van der Waals surface area contributed by atoms with Crippen LogP contribution in [0.4, 0.5) is 10.1 Å². The number of hydrogen-bond acceptors (Lipinski definition) is 3. The van der Waals surface area contributed by atoms with Gasteiger partial charge in [-0.15, -0.1) is 0 Å². The minimum Gasteiger partial charge on any atom is -0.399 e. The van der Waals surface area contributed by atoms with Crippen LogP contribution in [0.1, 0.15) is 23.2 Å². The van der Waals surface area contributed by atoms with E-state index in [1.165, 1.54) is 12.1 Å². The van der Waals surface area contributed by atoms with Gasteiger partial charge in [0.15, 0.2) is 0 Å². The Morgan fingerprint density at radius 2 is 2.39 bits per heavy atom. The first-order chi connectivity index (χ1) is 8.66. The van der Waals surface area contributed by atoms with Crippen molar-refractivity contribution in [3.05, 3.63) is 29.6 Å². The first-order valence-corrected chi connectivity index (χ1v) is 6.08. The van der Waals surface area contributed by atoms with E-state index < -0.39 is 11.7 Å². The molecular formula is C13H17FN2O2. The van der Waals surface area contributed by atoms with Crippen molar-refractivity contribution >= 4 is 11.6 Å². The molecule has 5 heteroatoms. The molecule has 1 aliphatic rings. The topological polar surface area (TPSA) is 64.4 Å². The van der Waals surface area contributed by atoms with Gasteiger partial charge in [0.25, 0.3) is 5.91 Å². The molecule has 1 aliphatic heterocycles. The van der Waals surface area contributed by atoms with Gasteiger partial charge in [-0.2, -0.15) is 0 Å². The molecule has 1 fully saturated rings. The maximum Gasteiger partial charge on any atom is 0.254 e. The highest BCUT2D eigenvalue weighted by atomic mass is 19.1. The van der Waals surface area contributed by atoms with Gasteiger partial charge in [-0.1, -0.05) is 0 Å². The standard InChI is InChI=1S/C13H17FN2O2/c14-12-6-10(15)3-4-11(12)13(17)16-7-9-2-1-5-18-8-9/h3-4,6,9H,1-2,5,7-8,15H2,(H,16,17). The lowest BCUT2D eigenvalue weighted by Gasteiger charge is -2.22. The van der Waals surface area contributed by atoms with Gasteiger partial charge in [-0.05, 0) is 37.0 Å². The monoisotopic (exact) mass is 252 g/mol. The number of halogens is 1. The molecule has 2 rings (SSSR count). The molecule has 0 aliphatic carbocycles. The number of ether oxygens (including phenoxy) is 1. The van der Waals surface area contributed by atoms with Crippen molar-refractivity contribution in [2.45, 2.75) is 12.8 Å². The first-order valence-electron chi connectivity index (χ1n) is 6.08. The summed E-state index contributed by atoms with van der Waals surface area (Å²) in [6, 6.07) is 4.07. The zero-order chi connectivity index (χ0) is 13.0. The van der Waals surface area contributed by atoms with Crippen LogP contribution < -0.4 is 11.1 Å². The van der Waals surface area contributed by atoms with Gasteiger partial charge in [0.2, 0.25) is 0 Å². The molecule has 0 aromatic heterocycles. The van der Waals surface area contributed by atoms with Gasteiger partial charge in [0.1, 0.15) is 5.82 Å². The van der Waals surface area contributed by atoms with Crippen LogP contribution in [-0.2, 0) is 4.74 Å².